The lowest BCUT2D eigenvalue weighted by Crippen LogP contribution is -2.31. The molecular formula is C16H26N2O3. The molecule has 0 heterocycles. The van der Waals surface area contributed by atoms with Gasteiger partial charge in [-0.05, 0) is 36.8 Å². The highest BCUT2D eigenvalue weighted by Crippen LogP contribution is 2.27. The Morgan fingerprint density at radius 3 is 2.71 bits per heavy atom. The lowest BCUT2D eigenvalue weighted by Gasteiger charge is -2.21. The van der Waals surface area contributed by atoms with Crippen molar-refractivity contribution in [2.75, 3.05) is 25.6 Å². The molecule has 0 atom stereocenters. The number of aliphatic hydroxyl groups excluding tert-OH is 1. The van der Waals surface area contributed by atoms with Gasteiger partial charge in [-0.3, -0.25) is 0 Å². The minimum absolute atomic E-state index is 0.0998. The highest BCUT2D eigenvalue weighted by molar-refractivity contribution is 5.91. The fourth-order valence-electron chi connectivity index (χ4n) is 1.98. The Labute approximate surface area is 126 Å². The van der Waals surface area contributed by atoms with Crippen molar-refractivity contribution in [2.24, 2.45) is 5.41 Å². The molecule has 0 spiro atoms. The number of methoxy groups -OCH3 is 1. The molecule has 0 fully saturated rings. The summed E-state index contributed by atoms with van der Waals surface area (Å²) in [6.07, 6.45) is 1.68. The summed E-state index contributed by atoms with van der Waals surface area (Å²) in [5.74, 6) is 0.645. The molecule has 5 nitrogen and oxygen atoms in total. The second-order valence-electron chi connectivity index (χ2n) is 5.96. The second-order valence-corrected chi connectivity index (χ2v) is 5.96. The van der Waals surface area contributed by atoms with Crippen molar-refractivity contribution in [3.63, 3.8) is 0 Å². The molecular weight excluding hydrogens is 268 g/mol. The van der Waals surface area contributed by atoms with E-state index in [1.54, 1.807) is 7.11 Å². The number of urea groups is 1. The summed E-state index contributed by atoms with van der Waals surface area (Å²) in [6.45, 7) is 6.65. The number of hydrogen-bond acceptors (Lipinski definition) is 3. The van der Waals surface area contributed by atoms with Crippen molar-refractivity contribution < 1.29 is 14.6 Å². The number of ether oxygens (including phenoxy) is 1. The van der Waals surface area contributed by atoms with Crippen molar-refractivity contribution in [1.29, 1.82) is 0 Å². The van der Waals surface area contributed by atoms with E-state index in [1.807, 2.05) is 39.0 Å². The van der Waals surface area contributed by atoms with Crippen molar-refractivity contribution in [3.8, 4) is 5.75 Å². The zero-order valence-electron chi connectivity index (χ0n) is 13.3. The van der Waals surface area contributed by atoms with Crippen LogP contribution in [0.15, 0.2) is 18.2 Å². The Hall–Kier alpha value is -1.75. The lowest BCUT2D eigenvalue weighted by atomic mass is 9.89. The maximum Gasteiger partial charge on any atom is 0.319 e. The first-order valence-electron chi connectivity index (χ1n) is 7.19. The molecule has 2 amide bonds. The molecule has 118 valence electrons. The van der Waals surface area contributed by atoms with Gasteiger partial charge in [0, 0.05) is 13.2 Å². The fourth-order valence-corrected chi connectivity index (χ4v) is 1.98. The molecule has 0 saturated heterocycles. The number of para-hydroxylation sites is 1. The summed E-state index contributed by atoms with van der Waals surface area (Å²) < 4.78 is 5.24. The van der Waals surface area contributed by atoms with E-state index >= 15 is 0 Å². The van der Waals surface area contributed by atoms with Crippen LogP contribution < -0.4 is 15.4 Å². The van der Waals surface area contributed by atoms with Gasteiger partial charge in [0.1, 0.15) is 5.75 Å². The third kappa shape index (κ3) is 5.63. The molecule has 0 unspecified atom stereocenters. The van der Waals surface area contributed by atoms with Crippen LogP contribution in [0.25, 0.3) is 0 Å². The van der Waals surface area contributed by atoms with E-state index in [4.69, 9.17) is 4.74 Å². The van der Waals surface area contributed by atoms with Crippen LogP contribution in [0, 0.1) is 12.3 Å². The number of aryl methyl sites for hydroxylation is 1. The van der Waals surface area contributed by atoms with Crippen LogP contribution in [0.5, 0.6) is 5.75 Å². The quantitative estimate of drug-likeness (QED) is 0.677. The summed E-state index contributed by atoms with van der Waals surface area (Å²) in [5, 5.41) is 14.8. The molecule has 1 aromatic carbocycles. The highest BCUT2D eigenvalue weighted by Gasteiger charge is 2.16. The number of anilines is 1. The maximum absolute atomic E-state index is 11.9. The van der Waals surface area contributed by atoms with E-state index in [0.717, 1.165) is 18.4 Å². The third-order valence-electron chi connectivity index (χ3n) is 3.44. The van der Waals surface area contributed by atoms with Gasteiger partial charge in [-0.15, -0.1) is 0 Å². The van der Waals surface area contributed by atoms with Gasteiger partial charge >= 0.3 is 6.03 Å². The Balaban J connectivity index is 2.45. The van der Waals surface area contributed by atoms with Crippen LogP contribution in [0.3, 0.4) is 0 Å². The minimum atomic E-state index is -0.246. The van der Waals surface area contributed by atoms with Crippen LogP contribution in [0.2, 0.25) is 0 Å². The predicted octanol–water partition coefficient (Wildman–Crippen LogP) is 2.92. The number of aliphatic hydroxyl groups is 1. The summed E-state index contributed by atoms with van der Waals surface area (Å²) in [5.41, 5.74) is 1.54. The number of carbonyl (C=O) groups is 1. The van der Waals surface area contributed by atoms with Crippen LogP contribution in [-0.2, 0) is 0 Å². The molecule has 3 N–H and O–H groups in total. The zero-order chi connectivity index (χ0) is 15.9. The van der Waals surface area contributed by atoms with Crippen LogP contribution >= 0.6 is 0 Å². The second kappa shape index (κ2) is 7.88. The molecule has 1 aromatic rings. The molecule has 0 bridgehead atoms. The van der Waals surface area contributed by atoms with E-state index < -0.39 is 0 Å². The molecule has 0 aliphatic carbocycles. The monoisotopic (exact) mass is 294 g/mol. The zero-order valence-corrected chi connectivity index (χ0v) is 13.3. The molecule has 0 aliphatic heterocycles. The number of nitrogens with one attached hydrogen (secondary N) is 2. The highest BCUT2D eigenvalue weighted by atomic mass is 16.5. The molecule has 1 rings (SSSR count). The van der Waals surface area contributed by atoms with Crippen molar-refractivity contribution >= 4 is 11.7 Å². The van der Waals surface area contributed by atoms with E-state index in [1.165, 1.54) is 0 Å². The summed E-state index contributed by atoms with van der Waals surface area (Å²) in [6, 6.07) is 5.37. The van der Waals surface area contributed by atoms with Gasteiger partial charge in [0.2, 0.25) is 0 Å². The SMILES string of the molecule is COc1cccc(C)c1NC(=O)NCCCC(C)(C)CO. The summed E-state index contributed by atoms with van der Waals surface area (Å²) in [4.78, 5) is 11.9. The Morgan fingerprint density at radius 2 is 2.10 bits per heavy atom. The van der Waals surface area contributed by atoms with Gasteiger partial charge in [-0.25, -0.2) is 4.79 Å². The molecule has 0 aliphatic rings. The van der Waals surface area contributed by atoms with Gasteiger partial charge in [0.05, 0.1) is 12.8 Å². The first-order chi connectivity index (χ1) is 9.89. The topological polar surface area (TPSA) is 70.6 Å². The fraction of sp³-hybridized carbons (Fsp3) is 0.562. The molecule has 0 aromatic heterocycles. The average molecular weight is 294 g/mol. The van der Waals surface area contributed by atoms with Crippen LogP contribution in [0.1, 0.15) is 32.3 Å². The number of carbonyl (C=O) groups excluding carboxylic acids is 1. The van der Waals surface area contributed by atoms with Gasteiger partial charge in [0.15, 0.2) is 0 Å². The van der Waals surface area contributed by atoms with Crippen LogP contribution in [0.4, 0.5) is 10.5 Å². The first-order valence-corrected chi connectivity index (χ1v) is 7.19. The predicted molar refractivity (Wildman–Crippen MR) is 84.9 cm³/mol. The lowest BCUT2D eigenvalue weighted by molar-refractivity contribution is 0.148. The maximum atomic E-state index is 11.9. The number of amides is 2. The Morgan fingerprint density at radius 1 is 1.38 bits per heavy atom. The van der Waals surface area contributed by atoms with Crippen LogP contribution in [-0.4, -0.2) is 31.4 Å². The number of benzene rings is 1. The largest absolute Gasteiger partial charge is 0.495 e. The molecule has 21 heavy (non-hydrogen) atoms. The Kier molecular flexibility index (Phi) is 6.49. The van der Waals surface area contributed by atoms with E-state index in [9.17, 15) is 9.90 Å². The Bertz CT molecular complexity index is 473. The third-order valence-corrected chi connectivity index (χ3v) is 3.44. The van der Waals surface area contributed by atoms with E-state index in [2.05, 4.69) is 10.6 Å². The molecule has 5 heteroatoms. The molecule has 0 saturated carbocycles. The summed E-state index contributed by atoms with van der Waals surface area (Å²) in [7, 11) is 1.58. The first kappa shape index (κ1) is 17.3. The number of rotatable bonds is 7. The van der Waals surface area contributed by atoms with E-state index in [-0.39, 0.29) is 18.1 Å². The standard InChI is InChI=1S/C16H26N2O3/c1-12-7-5-8-13(21-4)14(12)18-15(20)17-10-6-9-16(2,3)11-19/h5,7-8,19H,6,9-11H2,1-4H3,(H2,17,18,20). The van der Waals surface area contributed by atoms with Crippen molar-refractivity contribution in [1.82, 2.24) is 5.32 Å². The summed E-state index contributed by atoms with van der Waals surface area (Å²) >= 11 is 0. The van der Waals surface area contributed by atoms with E-state index in [0.29, 0.717) is 18.0 Å². The van der Waals surface area contributed by atoms with Crippen molar-refractivity contribution in [3.05, 3.63) is 23.8 Å². The van der Waals surface area contributed by atoms with Crippen molar-refractivity contribution in [2.45, 2.75) is 33.6 Å². The van der Waals surface area contributed by atoms with Gasteiger partial charge < -0.3 is 20.5 Å². The molecule has 0 radical (unpaired) electrons. The smallest absolute Gasteiger partial charge is 0.319 e. The average Bonchev–Trinajstić information content (AvgIpc) is 2.46. The van der Waals surface area contributed by atoms with Gasteiger partial charge in [-0.2, -0.15) is 0 Å². The normalized spacial score (nSPS) is 11.1. The van der Waals surface area contributed by atoms with Gasteiger partial charge in [0.25, 0.3) is 0 Å². The number of hydrogen-bond donors (Lipinski definition) is 3. The van der Waals surface area contributed by atoms with Gasteiger partial charge in [-0.1, -0.05) is 26.0 Å². The minimum Gasteiger partial charge on any atom is -0.495 e.